The number of hydrogen-bond acceptors (Lipinski definition) is 5. The molecule has 0 bridgehead atoms. The molecule has 2 atom stereocenters. The first-order valence-electron chi connectivity index (χ1n) is 12.2. The summed E-state index contributed by atoms with van der Waals surface area (Å²) in [4.78, 5) is 37.2. The average molecular weight is 479 g/mol. The van der Waals surface area contributed by atoms with Crippen LogP contribution in [0.2, 0.25) is 0 Å². The summed E-state index contributed by atoms with van der Waals surface area (Å²) in [6.45, 7) is 0.941. The maximum Gasteiger partial charge on any atom is 0.408 e. The number of aliphatic carboxylic acids is 1. The molecule has 2 aromatic carbocycles. The van der Waals surface area contributed by atoms with Gasteiger partial charge in [0.25, 0.3) is 0 Å². The van der Waals surface area contributed by atoms with Crippen LogP contribution in [0, 0.1) is 5.92 Å². The van der Waals surface area contributed by atoms with Crippen molar-refractivity contribution < 1.29 is 29.0 Å². The molecule has 8 nitrogen and oxygen atoms in total. The predicted octanol–water partition coefficient (Wildman–Crippen LogP) is 3.44. The first kappa shape index (κ1) is 23.4. The lowest BCUT2D eigenvalue weighted by atomic mass is 9.75. The number of carboxylic acids is 1. The molecule has 35 heavy (non-hydrogen) atoms. The van der Waals surface area contributed by atoms with Crippen LogP contribution in [0.3, 0.4) is 0 Å². The lowest BCUT2D eigenvalue weighted by Gasteiger charge is -2.42. The zero-order valence-electron chi connectivity index (χ0n) is 19.5. The van der Waals surface area contributed by atoms with Crippen molar-refractivity contribution in [2.24, 2.45) is 5.92 Å². The summed E-state index contributed by atoms with van der Waals surface area (Å²) in [6, 6.07) is 16.0. The molecule has 184 valence electrons. The SMILES string of the molecule is O=C(O)CC1COCCC1NC(=O)C1(NC(=O)OCC2c3ccccc3-c3ccccc32)CCC1. The lowest BCUT2D eigenvalue weighted by Crippen LogP contribution is -2.65. The molecule has 2 aromatic rings. The highest BCUT2D eigenvalue weighted by Gasteiger charge is 2.47. The number of carbonyl (C=O) groups is 3. The Labute approximate surface area is 204 Å². The van der Waals surface area contributed by atoms with Crippen LogP contribution in [0.4, 0.5) is 4.79 Å². The molecule has 1 heterocycles. The molecule has 1 saturated carbocycles. The van der Waals surface area contributed by atoms with Gasteiger partial charge in [-0.15, -0.1) is 0 Å². The number of hydrogen-bond donors (Lipinski definition) is 3. The van der Waals surface area contributed by atoms with Crippen molar-refractivity contribution in [1.29, 1.82) is 0 Å². The van der Waals surface area contributed by atoms with E-state index in [9.17, 15) is 19.5 Å². The van der Waals surface area contributed by atoms with Crippen molar-refractivity contribution in [3.05, 3.63) is 59.7 Å². The number of amides is 2. The number of ether oxygens (including phenoxy) is 2. The van der Waals surface area contributed by atoms with Crippen LogP contribution < -0.4 is 10.6 Å². The number of benzene rings is 2. The van der Waals surface area contributed by atoms with E-state index in [0.717, 1.165) is 28.7 Å². The second kappa shape index (κ2) is 9.70. The minimum atomic E-state index is -1.02. The van der Waals surface area contributed by atoms with Crippen LogP contribution >= 0.6 is 0 Å². The molecule has 2 fully saturated rings. The maximum absolute atomic E-state index is 13.2. The van der Waals surface area contributed by atoms with Crippen molar-refractivity contribution in [2.75, 3.05) is 19.8 Å². The zero-order chi connectivity index (χ0) is 24.4. The molecule has 0 spiro atoms. The summed E-state index contributed by atoms with van der Waals surface area (Å²) in [5, 5.41) is 15.0. The van der Waals surface area contributed by atoms with E-state index in [4.69, 9.17) is 9.47 Å². The van der Waals surface area contributed by atoms with E-state index >= 15 is 0 Å². The zero-order valence-corrected chi connectivity index (χ0v) is 19.5. The number of carboxylic acid groups (broad SMARTS) is 1. The van der Waals surface area contributed by atoms with Crippen molar-refractivity contribution in [1.82, 2.24) is 10.6 Å². The lowest BCUT2D eigenvalue weighted by molar-refractivity contribution is -0.141. The summed E-state index contributed by atoms with van der Waals surface area (Å²) >= 11 is 0. The van der Waals surface area contributed by atoms with E-state index in [-0.39, 0.29) is 36.8 Å². The van der Waals surface area contributed by atoms with Crippen LogP contribution in [0.15, 0.2) is 48.5 Å². The first-order chi connectivity index (χ1) is 17.0. The summed E-state index contributed by atoms with van der Waals surface area (Å²) in [5.41, 5.74) is 3.54. The topological polar surface area (TPSA) is 114 Å². The van der Waals surface area contributed by atoms with Crippen molar-refractivity contribution in [3.8, 4) is 11.1 Å². The third-order valence-electron chi connectivity index (χ3n) is 7.55. The Morgan fingerprint density at radius 1 is 1.03 bits per heavy atom. The molecular formula is C27H30N2O6. The maximum atomic E-state index is 13.2. The fourth-order valence-corrected chi connectivity index (χ4v) is 5.49. The molecule has 3 aliphatic rings. The van der Waals surface area contributed by atoms with Crippen molar-refractivity contribution >= 4 is 18.0 Å². The fraction of sp³-hybridized carbons (Fsp3) is 0.444. The molecule has 0 aromatic heterocycles. The number of carbonyl (C=O) groups excluding carboxylic acids is 2. The molecule has 5 rings (SSSR count). The van der Waals surface area contributed by atoms with Gasteiger partial charge in [-0.1, -0.05) is 48.5 Å². The largest absolute Gasteiger partial charge is 0.481 e. The van der Waals surface area contributed by atoms with Gasteiger partial charge in [-0.3, -0.25) is 9.59 Å². The van der Waals surface area contributed by atoms with E-state index in [1.165, 1.54) is 0 Å². The molecule has 2 aliphatic carbocycles. The molecule has 8 heteroatoms. The monoisotopic (exact) mass is 478 g/mol. The normalized spacial score (nSPS) is 22.3. The molecule has 1 aliphatic heterocycles. The summed E-state index contributed by atoms with van der Waals surface area (Å²) in [7, 11) is 0. The standard InChI is InChI=1S/C27H30N2O6/c30-24(31)14-17-15-34-13-10-23(17)28-25(32)27(11-5-12-27)29-26(33)35-16-22-20-8-3-1-6-18(20)19-7-2-4-9-21(19)22/h1-4,6-9,17,22-23H,5,10-16H2,(H,28,32)(H,29,33)(H,30,31). The van der Waals surface area contributed by atoms with Gasteiger partial charge in [0.2, 0.25) is 5.91 Å². The second-order valence-electron chi connectivity index (χ2n) is 9.69. The summed E-state index contributed by atoms with van der Waals surface area (Å²) in [6.07, 6.45) is 1.73. The molecule has 1 saturated heterocycles. The van der Waals surface area contributed by atoms with Gasteiger partial charge >= 0.3 is 12.1 Å². The third-order valence-corrected chi connectivity index (χ3v) is 7.55. The van der Waals surface area contributed by atoms with Gasteiger partial charge in [0.1, 0.15) is 12.1 Å². The predicted molar refractivity (Wildman–Crippen MR) is 128 cm³/mol. The summed E-state index contributed by atoms with van der Waals surface area (Å²) in [5.74, 6) is -1.55. The quantitative estimate of drug-likeness (QED) is 0.562. The first-order valence-corrected chi connectivity index (χ1v) is 12.2. The van der Waals surface area contributed by atoms with Crippen LogP contribution in [0.5, 0.6) is 0 Å². The smallest absolute Gasteiger partial charge is 0.408 e. The van der Waals surface area contributed by atoms with Crippen LogP contribution in [-0.4, -0.2) is 54.5 Å². The average Bonchev–Trinajstić information content (AvgIpc) is 3.15. The minimum absolute atomic E-state index is 0.0571. The number of fused-ring (bicyclic) bond motifs is 3. The minimum Gasteiger partial charge on any atom is -0.481 e. The Hall–Kier alpha value is -3.39. The Kier molecular flexibility index (Phi) is 6.47. The Balaban J connectivity index is 1.22. The van der Waals surface area contributed by atoms with Gasteiger partial charge in [0.05, 0.1) is 13.0 Å². The molecular weight excluding hydrogens is 448 g/mol. The van der Waals surface area contributed by atoms with Crippen LogP contribution in [-0.2, 0) is 19.1 Å². The second-order valence-corrected chi connectivity index (χ2v) is 9.69. The summed E-state index contributed by atoms with van der Waals surface area (Å²) < 4.78 is 11.1. The molecule has 2 unspecified atom stereocenters. The highest BCUT2D eigenvalue weighted by atomic mass is 16.5. The molecule has 0 radical (unpaired) electrons. The number of alkyl carbamates (subject to hydrolysis) is 1. The van der Waals surface area contributed by atoms with Gasteiger partial charge in [0, 0.05) is 24.5 Å². The molecule has 2 amide bonds. The Bertz CT molecular complexity index is 1080. The third kappa shape index (κ3) is 4.62. The van der Waals surface area contributed by atoms with Gasteiger partial charge < -0.3 is 25.2 Å². The van der Waals surface area contributed by atoms with Gasteiger partial charge in [-0.25, -0.2) is 4.79 Å². The highest BCUT2D eigenvalue weighted by molar-refractivity contribution is 5.91. The van der Waals surface area contributed by atoms with Crippen LogP contribution in [0.25, 0.3) is 11.1 Å². The van der Waals surface area contributed by atoms with Gasteiger partial charge in [-0.2, -0.15) is 0 Å². The Morgan fingerprint density at radius 3 is 2.29 bits per heavy atom. The fourth-order valence-electron chi connectivity index (χ4n) is 5.49. The van der Waals surface area contributed by atoms with E-state index in [0.29, 0.717) is 32.5 Å². The highest BCUT2D eigenvalue weighted by Crippen LogP contribution is 2.44. The van der Waals surface area contributed by atoms with Gasteiger partial charge in [-0.05, 0) is 47.9 Å². The number of nitrogens with one attached hydrogen (secondary N) is 2. The van der Waals surface area contributed by atoms with Crippen molar-refractivity contribution in [3.63, 3.8) is 0 Å². The number of rotatable bonds is 7. The van der Waals surface area contributed by atoms with E-state index in [2.05, 4.69) is 34.9 Å². The van der Waals surface area contributed by atoms with E-state index in [1.807, 2.05) is 24.3 Å². The Morgan fingerprint density at radius 2 is 1.69 bits per heavy atom. The van der Waals surface area contributed by atoms with Crippen LogP contribution in [0.1, 0.15) is 49.1 Å². The molecule has 3 N–H and O–H groups in total. The van der Waals surface area contributed by atoms with Gasteiger partial charge in [0.15, 0.2) is 0 Å². The van der Waals surface area contributed by atoms with E-state index in [1.54, 1.807) is 0 Å². The van der Waals surface area contributed by atoms with Crippen molar-refractivity contribution in [2.45, 2.75) is 49.6 Å². The van der Waals surface area contributed by atoms with E-state index < -0.39 is 17.6 Å².